The van der Waals surface area contributed by atoms with E-state index in [4.69, 9.17) is 4.98 Å². The topological polar surface area (TPSA) is 79.2 Å². The standard InChI is InChI=1S/C23H29N7O/c1-16-6-5-7-20(19(16)4)25-23(31)15-28-8-10-29(11-9-28)21-13-24-14-22(26-21)30-18(3)12-17(2)27-30/h5-7,12-14H,8-11,15H2,1-4H3,(H,25,31). The minimum absolute atomic E-state index is 0.0217. The third-order valence-electron chi connectivity index (χ3n) is 5.78. The molecular weight excluding hydrogens is 390 g/mol. The van der Waals surface area contributed by atoms with Crippen LogP contribution in [0.4, 0.5) is 11.5 Å². The molecule has 0 aliphatic carbocycles. The highest BCUT2D eigenvalue weighted by atomic mass is 16.2. The monoisotopic (exact) mass is 419 g/mol. The largest absolute Gasteiger partial charge is 0.353 e. The second-order valence-electron chi connectivity index (χ2n) is 8.13. The van der Waals surface area contributed by atoms with E-state index < -0.39 is 0 Å². The predicted octanol–water partition coefficient (Wildman–Crippen LogP) is 2.66. The second kappa shape index (κ2) is 8.85. The van der Waals surface area contributed by atoms with Crippen molar-refractivity contribution in [2.75, 3.05) is 42.9 Å². The van der Waals surface area contributed by atoms with E-state index in [1.54, 1.807) is 12.4 Å². The molecule has 1 amide bonds. The molecule has 0 spiro atoms. The number of rotatable bonds is 5. The van der Waals surface area contributed by atoms with Gasteiger partial charge in [-0.05, 0) is 51.0 Å². The lowest BCUT2D eigenvalue weighted by Crippen LogP contribution is -2.49. The molecule has 1 aliphatic rings. The zero-order valence-corrected chi connectivity index (χ0v) is 18.6. The van der Waals surface area contributed by atoms with Crippen LogP contribution in [-0.2, 0) is 4.79 Å². The van der Waals surface area contributed by atoms with E-state index in [2.05, 4.69) is 38.2 Å². The molecule has 0 unspecified atom stereocenters. The Morgan fingerprint density at radius 3 is 2.48 bits per heavy atom. The van der Waals surface area contributed by atoms with Gasteiger partial charge in [-0.2, -0.15) is 5.10 Å². The third kappa shape index (κ3) is 4.74. The number of hydrogen-bond donors (Lipinski definition) is 1. The SMILES string of the molecule is Cc1cc(C)n(-c2cncc(N3CCN(CC(=O)Nc4cccc(C)c4C)CC3)n2)n1. The average molecular weight is 420 g/mol. The van der Waals surface area contributed by atoms with E-state index in [1.165, 1.54) is 5.56 Å². The summed E-state index contributed by atoms with van der Waals surface area (Å²) in [6.07, 6.45) is 3.52. The Hall–Kier alpha value is -3.26. The van der Waals surface area contributed by atoms with Gasteiger partial charge in [-0.3, -0.25) is 14.7 Å². The van der Waals surface area contributed by atoms with Crippen molar-refractivity contribution < 1.29 is 4.79 Å². The lowest BCUT2D eigenvalue weighted by molar-refractivity contribution is -0.117. The van der Waals surface area contributed by atoms with Gasteiger partial charge in [0, 0.05) is 37.6 Å². The molecule has 8 nitrogen and oxygen atoms in total. The van der Waals surface area contributed by atoms with Gasteiger partial charge in [0.2, 0.25) is 5.91 Å². The molecule has 1 N–H and O–H groups in total. The van der Waals surface area contributed by atoms with Gasteiger partial charge < -0.3 is 10.2 Å². The number of nitrogens with zero attached hydrogens (tertiary/aromatic N) is 6. The molecule has 0 saturated carbocycles. The summed E-state index contributed by atoms with van der Waals surface area (Å²) in [5.74, 6) is 1.58. The molecule has 1 saturated heterocycles. The van der Waals surface area contributed by atoms with Crippen molar-refractivity contribution in [1.82, 2.24) is 24.6 Å². The Bertz CT molecular complexity index is 1080. The molecule has 2 aromatic heterocycles. The number of carbonyl (C=O) groups is 1. The lowest BCUT2D eigenvalue weighted by Gasteiger charge is -2.34. The van der Waals surface area contributed by atoms with Gasteiger partial charge in [0.05, 0.1) is 24.6 Å². The number of piperazine rings is 1. The maximum Gasteiger partial charge on any atom is 0.238 e. The highest BCUT2D eigenvalue weighted by Crippen LogP contribution is 2.19. The van der Waals surface area contributed by atoms with Crippen LogP contribution in [-0.4, -0.2) is 63.3 Å². The summed E-state index contributed by atoms with van der Waals surface area (Å²) in [5.41, 5.74) is 5.16. The van der Waals surface area contributed by atoms with E-state index in [9.17, 15) is 4.79 Å². The van der Waals surface area contributed by atoms with E-state index in [-0.39, 0.29) is 5.91 Å². The van der Waals surface area contributed by atoms with Crippen molar-refractivity contribution in [3.63, 3.8) is 0 Å². The highest BCUT2D eigenvalue weighted by molar-refractivity contribution is 5.93. The molecular formula is C23H29N7O. The molecule has 3 heterocycles. The van der Waals surface area contributed by atoms with Crippen LogP contribution in [0, 0.1) is 27.7 Å². The number of nitrogens with one attached hydrogen (secondary N) is 1. The number of aryl methyl sites for hydroxylation is 3. The fourth-order valence-corrected chi connectivity index (χ4v) is 3.88. The first-order chi connectivity index (χ1) is 14.9. The minimum Gasteiger partial charge on any atom is -0.353 e. The van der Waals surface area contributed by atoms with Crippen LogP contribution in [0.1, 0.15) is 22.5 Å². The Kier molecular flexibility index (Phi) is 5.99. The van der Waals surface area contributed by atoms with Gasteiger partial charge in [-0.1, -0.05) is 12.1 Å². The first-order valence-electron chi connectivity index (χ1n) is 10.6. The molecule has 8 heteroatoms. The summed E-state index contributed by atoms with van der Waals surface area (Å²) >= 11 is 0. The Morgan fingerprint density at radius 1 is 1.03 bits per heavy atom. The van der Waals surface area contributed by atoms with Crippen LogP contribution in [0.2, 0.25) is 0 Å². The Labute approximate surface area is 182 Å². The zero-order valence-electron chi connectivity index (χ0n) is 18.6. The van der Waals surface area contributed by atoms with Crippen molar-refractivity contribution in [3.8, 4) is 5.82 Å². The van der Waals surface area contributed by atoms with Crippen LogP contribution < -0.4 is 10.2 Å². The van der Waals surface area contributed by atoms with Crippen molar-refractivity contribution in [2.45, 2.75) is 27.7 Å². The van der Waals surface area contributed by atoms with Crippen molar-refractivity contribution in [1.29, 1.82) is 0 Å². The number of benzene rings is 1. The smallest absolute Gasteiger partial charge is 0.238 e. The van der Waals surface area contributed by atoms with E-state index in [1.807, 2.05) is 43.7 Å². The van der Waals surface area contributed by atoms with Crippen molar-refractivity contribution in [2.24, 2.45) is 0 Å². The Morgan fingerprint density at radius 2 is 1.77 bits per heavy atom. The Balaban J connectivity index is 1.35. The fourth-order valence-electron chi connectivity index (χ4n) is 3.88. The summed E-state index contributed by atoms with van der Waals surface area (Å²) in [6.45, 7) is 11.6. The quantitative estimate of drug-likeness (QED) is 0.685. The molecule has 4 rings (SSSR count). The molecule has 0 radical (unpaired) electrons. The van der Waals surface area contributed by atoms with Gasteiger partial charge in [0.25, 0.3) is 0 Å². The molecule has 0 bridgehead atoms. The summed E-state index contributed by atoms with van der Waals surface area (Å²) in [5, 5.41) is 7.55. The first kappa shape index (κ1) is 21.0. The zero-order chi connectivity index (χ0) is 22.0. The first-order valence-corrected chi connectivity index (χ1v) is 10.6. The summed E-state index contributed by atoms with van der Waals surface area (Å²) in [4.78, 5) is 26.1. The summed E-state index contributed by atoms with van der Waals surface area (Å²) < 4.78 is 1.82. The van der Waals surface area contributed by atoms with Crippen LogP contribution in [0.15, 0.2) is 36.7 Å². The number of anilines is 2. The van der Waals surface area contributed by atoms with E-state index in [0.29, 0.717) is 6.54 Å². The lowest BCUT2D eigenvalue weighted by atomic mass is 10.1. The van der Waals surface area contributed by atoms with Crippen LogP contribution in [0.25, 0.3) is 5.82 Å². The minimum atomic E-state index is 0.0217. The molecule has 1 aliphatic heterocycles. The highest BCUT2D eigenvalue weighted by Gasteiger charge is 2.21. The molecule has 3 aromatic rings. The van der Waals surface area contributed by atoms with Gasteiger partial charge in [-0.15, -0.1) is 0 Å². The van der Waals surface area contributed by atoms with Crippen molar-refractivity contribution >= 4 is 17.4 Å². The molecule has 31 heavy (non-hydrogen) atoms. The second-order valence-corrected chi connectivity index (χ2v) is 8.13. The number of hydrogen-bond acceptors (Lipinski definition) is 6. The summed E-state index contributed by atoms with van der Waals surface area (Å²) in [6, 6.07) is 8.00. The molecule has 0 atom stereocenters. The number of carbonyl (C=O) groups excluding carboxylic acids is 1. The van der Waals surface area contributed by atoms with Crippen LogP contribution in [0.3, 0.4) is 0 Å². The number of amides is 1. The van der Waals surface area contributed by atoms with Crippen LogP contribution in [0.5, 0.6) is 0 Å². The van der Waals surface area contributed by atoms with Gasteiger partial charge in [0.15, 0.2) is 5.82 Å². The van der Waals surface area contributed by atoms with Gasteiger partial charge in [-0.25, -0.2) is 9.67 Å². The van der Waals surface area contributed by atoms with Gasteiger partial charge in [0.1, 0.15) is 5.82 Å². The third-order valence-corrected chi connectivity index (χ3v) is 5.78. The normalized spacial score (nSPS) is 14.6. The van der Waals surface area contributed by atoms with E-state index in [0.717, 1.165) is 60.5 Å². The summed E-state index contributed by atoms with van der Waals surface area (Å²) in [7, 11) is 0. The van der Waals surface area contributed by atoms with Gasteiger partial charge >= 0.3 is 0 Å². The molecule has 1 aromatic carbocycles. The molecule has 1 fully saturated rings. The average Bonchev–Trinajstić information content (AvgIpc) is 3.10. The number of aromatic nitrogens is 4. The predicted molar refractivity (Wildman–Crippen MR) is 122 cm³/mol. The van der Waals surface area contributed by atoms with E-state index >= 15 is 0 Å². The fraction of sp³-hybridized carbons (Fsp3) is 0.391. The maximum atomic E-state index is 12.5. The maximum absolute atomic E-state index is 12.5. The van der Waals surface area contributed by atoms with Crippen molar-refractivity contribution in [3.05, 3.63) is 59.2 Å². The molecule has 162 valence electrons. The van der Waals surface area contributed by atoms with Crippen LogP contribution >= 0.6 is 0 Å².